The number of hydrogen-bond acceptors (Lipinski definition) is 2. The highest BCUT2D eigenvalue weighted by Gasteiger charge is 2.24. The molecule has 1 nitrogen and oxygen atoms in total. The third kappa shape index (κ3) is 1.89. The summed E-state index contributed by atoms with van der Waals surface area (Å²) in [5, 5.41) is 0.726. The van der Waals surface area contributed by atoms with Crippen LogP contribution in [0.2, 0.25) is 0 Å². The molecule has 0 amide bonds. The van der Waals surface area contributed by atoms with Crippen LogP contribution in [0.3, 0.4) is 0 Å². The fraction of sp³-hybridized carbons (Fsp3) is 1.00. The Morgan fingerprint density at radius 1 is 1.40 bits per heavy atom. The largest absolute Gasteiger partial charge is 0.327 e. The third-order valence-corrected chi connectivity index (χ3v) is 3.56. The van der Waals surface area contributed by atoms with Crippen molar-refractivity contribution < 1.29 is 0 Å². The zero-order valence-electron chi connectivity index (χ0n) is 6.84. The highest BCUT2D eigenvalue weighted by molar-refractivity contribution is 7.99. The van der Waals surface area contributed by atoms with Crippen LogP contribution < -0.4 is 5.73 Å². The molecular formula is C8H17NS. The number of hydrogen-bond donors (Lipinski definition) is 1. The molecule has 1 fully saturated rings. The van der Waals surface area contributed by atoms with Crippen LogP contribution in [0, 0.1) is 5.92 Å². The maximum atomic E-state index is 5.93. The fourth-order valence-corrected chi connectivity index (χ4v) is 2.63. The van der Waals surface area contributed by atoms with Gasteiger partial charge in [-0.25, -0.2) is 0 Å². The Kier molecular flexibility index (Phi) is 3.05. The first-order valence-corrected chi connectivity index (χ1v) is 5.31. The minimum atomic E-state index is 0.464. The van der Waals surface area contributed by atoms with E-state index in [4.69, 9.17) is 5.73 Å². The topological polar surface area (TPSA) is 26.0 Å². The van der Waals surface area contributed by atoms with Gasteiger partial charge in [0.2, 0.25) is 0 Å². The van der Waals surface area contributed by atoms with Crippen LogP contribution in [0.4, 0.5) is 0 Å². The molecule has 0 aromatic heterocycles. The van der Waals surface area contributed by atoms with Gasteiger partial charge in [-0.15, -0.1) is 0 Å². The maximum absolute atomic E-state index is 5.93. The lowest BCUT2D eigenvalue weighted by molar-refractivity contribution is 0.358. The molecule has 0 spiro atoms. The summed E-state index contributed by atoms with van der Waals surface area (Å²) >= 11 is 1.93. The molecule has 1 aliphatic rings. The van der Waals surface area contributed by atoms with Crippen LogP contribution >= 0.6 is 11.8 Å². The lowest BCUT2D eigenvalue weighted by Crippen LogP contribution is -2.37. The summed E-state index contributed by atoms with van der Waals surface area (Å²) in [4.78, 5) is 0. The summed E-state index contributed by atoms with van der Waals surface area (Å²) in [5.74, 6) is 0.900. The van der Waals surface area contributed by atoms with Gasteiger partial charge in [0, 0.05) is 11.3 Å². The van der Waals surface area contributed by atoms with Gasteiger partial charge in [0.1, 0.15) is 0 Å². The summed E-state index contributed by atoms with van der Waals surface area (Å²) in [6.45, 7) is 2.33. The molecule has 0 saturated heterocycles. The van der Waals surface area contributed by atoms with E-state index in [1.54, 1.807) is 0 Å². The molecule has 0 aliphatic heterocycles. The summed E-state index contributed by atoms with van der Waals surface area (Å²) in [7, 11) is 0. The number of rotatable bonds is 1. The van der Waals surface area contributed by atoms with Crippen molar-refractivity contribution in [3.05, 3.63) is 0 Å². The van der Waals surface area contributed by atoms with Gasteiger partial charge in [0.05, 0.1) is 0 Å². The SMILES string of the molecule is CSC1CC(C)CCC1N. The normalized spacial score (nSPS) is 41.7. The van der Waals surface area contributed by atoms with E-state index in [-0.39, 0.29) is 0 Å². The minimum absolute atomic E-state index is 0.464. The standard InChI is InChI=1S/C8H17NS/c1-6-3-4-7(9)8(5-6)10-2/h6-8H,3-5,9H2,1-2H3. The summed E-state index contributed by atoms with van der Waals surface area (Å²) in [5.41, 5.74) is 5.93. The third-order valence-electron chi connectivity index (χ3n) is 2.41. The highest BCUT2D eigenvalue weighted by atomic mass is 32.2. The van der Waals surface area contributed by atoms with Crippen LogP contribution in [-0.2, 0) is 0 Å². The van der Waals surface area contributed by atoms with E-state index in [1.165, 1.54) is 19.3 Å². The zero-order chi connectivity index (χ0) is 7.56. The second-order valence-electron chi connectivity index (χ2n) is 3.36. The van der Waals surface area contributed by atoms with Gasteiger partial charge >= 0.3 is 0 Å². The Labute approximate surface area is 67.8 Å². The van der Waals surface area contributed by atoms with Crippen LogP contribution in [-0.4, -0.2) is 17.5 Å². The second kappa shape index (κ2) is 3.63. The minimum Gasteiger partial charge on any atom is -0.327 e. The van der Waals surface area contributed by atoms with E-state index in [9.17, 15) is 0 Å². The lowest BCUT2D eigenvalue weighted by Gasteiger charge is -2.30. The highest BCUT2D eigenvalue weighted by Crippen LogP contribution is 2.29. The van der Waals surface area contributed by atoms with Crippen molar-refractivity contribution >= 4 is 11.8 Å². The molecule has 2 heteroatoms. The van der Waals surface area contributed by atoms with E-state index >= 15 is 0 Å². The Morgan fingerprint density at radius 3 is 2.60 bits per heavy atom. The van der Waals surface area contributed by atoms with Gasteiger partial charge in [-0.2, -0.15) is 11.8 Å². The molecule has 1 rings (SSSR count). The predicted octanol–water partition coefficient (Wildman–Crippen LogP) is 1.87. The van der Waals surface area contributed by atoms with E-state index < -0.39 is 0 Å². The van der Waals surface area contributed by atoms with Crippen LogP contribution in [0.15, 0.2) is 0 Å². The maximum Gasteiger partial charge on any atom is 0.0198 e. The summed E-state index contributed by atoms with van der Waals surface area (Å²) in [6.07, 6.45) is 6.05. The Hall–Kier alpha value is 0.310. The Bertz CT molecular complexity index is 105. The first-order chi connectivity index (χ1) is 4.74. The van der Waals surface area contributed by atoms with E-state index in [0.717, 1.165) is 11.2 Å². The van der Waals surface area contributed by atoms with Gasteiger partial charge in [-0.3, -0.25) is 0 Å². The average molecular weight is 159 g/mol. The molecule has 1 saturated carbocycles. The first-order valence-electron chi connectivity index (χ1n) is 4.02. The molecule has 60 valence electrons. The molecule has 0 radical (unpaired) electrons. The van der Waals surface area contributed by atoms with Crippen molar-refractivity contribution in [1.82, 2.24) is 0 Å². The molecule has 1 aliphatic carbocycles. The van der Waals surface area contributed by atoms with Gasteiger partial charge in [0.25, 0.3) is 0 Å². The lowest BCUT2D eigenvalue weighted by atomic mass is 9.87. The van der Waals surface area contributed by atoms with E-state index in [0.29, 0.717) is 6.04 Å². The summed E-state index contributed by atoms with van der Waals surface area (Å²) in [6, 6.07) is 0.464. The van der Waals surface area contributed by atoms with Crippen molar-refractivity contribution in [3.8, 4) is 0 Å². The molecule has 0 heterocycles. The Balaban J connectivity index is 2.38. The van der Waals surface area contributed by atoms with Crippen molar-refractivity contribution in [2.24, 2.45) is 11.7 Å². The number of nitrogens with two attached hydrogens (primary N) is 1. The van der Waals surface area contributed by atoms with Gasteiger partial charge in [-0.05, 0) is 31.4 Å². The van der Waals surface area contributed by atoms with Crippen molar-refractivity contribution in [3.63, 3.8) is 0 Å². The zero-order valence-corrected chi connectivity index (χ0v) is 7.66. The van der Waals surface area contributed by atoms with Gasteiger partial charge in [-0.1, -0.05) is 6.92 Å². The predicted molar refractivity (Wildman–Crippen MR) is 48.3 cm³/mol. The molecule has 0 bridgehead atoms. The van der Waals surface area contributed by atoms with Crippen molar-refractivity contribution in [1.29, 1.82) is 0 Å². The molecule has 10 heavy (non-hydrogen) atoms. The van der Waals surface area contributed by atoms with E-state index in [2.05, 4.69) is 13.2 Å². The number of thioether (sulfide) groups is 1. The van der Waals surface area contributed by atoms with Crippen LogP contribution in [0.1, 0.15) is 26.2 Å². The van der Waals surface area contributed by atoms with Gasteiger partial charge < -0.3 is 5.73 Å². The molecule has 2 N–H and O–H groups in total. The van der Waals surface area contributed by atoms with Crippen molar-refractivity contribution in [2.75, 3.05) is 6.26 Å². The smallest absolute Gasteiger partial charge is 0.0198 e. The molecule has 0 aromatic carbocycles. The quantitative estimate of drug-likeness (QED) is 0.632. The second-order valence-corrected chi connectivity index (χ2v) is 4.43. The van der Waals surface area contributed by atoms with Gasteiger partial charge in [0.15, 0.2) is 0 Å². The van der Waals surface area contributed by atoms with Crippen LogP contribution in [0.25, 0.3) is 0 Å². The molecular weight excluding hydrogens is 142 g/mol. The fourth-order valence-electron chi connectivity index (χ4n) is 1.62. The first kappa shape index (κ1) is 8.41. The molecule has 0 aromatic rings. The van der Waals surface area contributed by atoms with Crippen LogP contribution in [0.5, 0.6) is 0 Å². The summed E-state index contributed by atoms with van der Waals surface area (Å²) < 4.78 is 0. The Morgan fingerprint density at radius 2 is 2.10 bits per heavy atom. The molecule has 3 atom stereocenters. The average Bonchev–Trinajstić information content (AvgIpc) is 1.94. The van der Waals surface area contributed by atoms with E-state index in [1.807, 2.05) is 11.8 Å². The molecule has 3 unspecified atom stereocenters. The monoisotopic (exact) mass is 159 g/mol. The van der Waals surface area contributed by atoms with Crippen molar-refractivity contribution in [2.45, 2.75) is 37.5 Å².